The van der Waals surface area contributed by atoms with Gasteiger partial charge in [0.05, 0.1) is 0 Å². The molecule has 1 aromatic heterocycles. The molecule has 0 saturated carbocycles. The highest BCUT2D eigenvalue weighted by molar-refractivity contribution is 5.78. The normalized spacial score (nSPS) is 12.4. The van der Waals surface area contributed by atoms with Gasteiger partial charge in [-0.2, -0.15) is 0 Å². The van der Waals surface area contributed by atoms with Crippen LogP contribution in [-0.2, 0) is 11.3 Å². The molecule has 0 fully saturated rings. The summed E-state index contributed by atoms with van der Waals surface area (Å²) in [7, 11) is 2.00. The van der Waals surface area contributed by atoms with Gasteiger partial charge in [-0.05, 0) is 19.7 Å². The van der Waals surface area contributed by atoms with E-state index in [0.29, 0.717) is 12.4 Å². The smallest absolute Gasteiger partial charge is 0.224 e. The van der Waals surface area contributed by atoms with Crippen molar-refractivity contribution in [3.63, 3.8) is 0 Å². The first kappa shape index (κ1) is 14.4. The van der Waals surface area contributed by atoms with Crippen LogP contribution >= 0.6 is 0 Å². The number of nitrogens with two attached hydrogens (primary N) is 1. The third kappa shape index (κ3) is 4.33. The van der Waals surface area contributed by atoms with Gasteiger partial charge in [0.15, 0.2) is 0 Å². The van der Waals surface area contributed by atoms with Crippen LogP contribution in [0, 0.1) is 5.92 Å². The molecule has 1 rings (SSSR count). The molecule has 0 aromatic carbocycles. The number of nitrogens with zero attached hydrogens (tertiary/aromatic N) is 2. The number of hydrogen-bond acceptors (Lipinski definition) is 4. The van der Waals surface area contributed by atoms with E-state index < -0.39 is 0 Å². The molecule has 0 aliphatic rings. The second kappa shape index (κ2) is 6.96. The maximum absolute atomic E-state index is 11.9. The molecule has 5 nitrogen and oxygen atoms in total. The van der Waals surface area contributed by atoms with Gasteiger partial charge in [0.2, 0.25) is 5.91 Å². The lowest BCUT2D eigenvalue weighted by Crippen LogP contribution is -2.35. The third-order valence-corrected chi connectivity index (χ3v) is 2.95. The Hall–Kier alpha value is -1.62. The molecule has 0 saturated heterocycles. The van der Waals surface area contributed by atoms with Gasteiger partial charge in [0.1, 0.15) is 5.82 Å². The number of carbonyl (C=O) groups is 1. The molecule has 1 heterocycles. The van der Waals surface area contributed by atoms with Crippen LogP contribution in [0.3, 0.4) is 0 Å². The first-order valence-electron chi connectivity index (χ1n) is 6.20. The van der Waals surface area contributed by atoms with E-state index in [1.54, 1.807) is 6.20 Å². The van der Waals surface area contributed by atoms with E-state index in [-0.39, 0.29) is 11.8 Å². The number of nitrogens with one attached hydrogen (secondary N) is 1. The van der Waals surface area contributed by atoms with Crippen LogP contribution in [0.4, 0.5) is 5.82 Å². The zero-order valence-electron chi connectivity index (χ0n) is 11.3. The molecule has 1 aromatic rings. The Kier molecular flexibility index (Phi) is 5.58. The fourth-order valence-electron chi connectivity index (χ4n) is 1.64. The minimum Gasteiger partial charge on any atom is -0.383 e. The van der Waals surface area contributed by atoms with Gasteiger partial charge in [-0.25, -0.2) is 4.98 Å². The Morgan fingerprint density at radius 1 is 1.61 bits per heavy atom. The highest BCUT2D eigenvalue weighted by Gasteiger charge is 2.14. The van der Waals surface area contributed by atoms with E-state index >= 15 is 0 Å². The third-order valence-electron chi connectivity index (χ3n) is 2.95. The van der Waals surface area contributed by atoms with Crippen molar-refractivity contribution in [1.82, 2.24) is 15.2 Å². The number of rotatable bonds is 6. The van der Waals surface area contributed by atoms with Gasteiger partial charge in [0, 0.05) is 30.8 Å². The Morgan fingerprint density at radius 2 is 2.33 bits per heavy atom. The summed E-state index contributed by atoms with van der Waals surface area (Å²) in [5.41, 5.74) is 6.56. The van der Waals surface area contributed by atoms with Gasteiger partial charge in [-0.3, -0.25) is 4.79 Å². The Bertz CT molecular complexity index is 394. The fraction of sp³-hybridized carbons (Fsp3) is 0.538. The largest absolute Gasteiger partial charge is 0.383 e. The lowest BCUT2D eigenvalue weighted by molar-refractivity contribution is -0.125. The number of aromatic nitrogens is 1. The van der Waals surface area contributed by atoms with E-state index in [4.69, 9.17) is 5.73 Å². The van der Waals surface area contributed by atoms with Crippen molar-refractivity contribution in [1.29, 1.82) is 0 Å². The van der Waals surface area contributed by atoms with Crippen LogP contribution in [0.2, 0.25) is 0 Å². The summed E-state index contributed by atoms with van der Waals surface area (Å²) in [6, 6.07) is 3.68. The number of carbonyl (C=O) groups excluding carboxylic acids is 1. The zero-order valence-corrected chi connectivity index (χ0v) is 11.3. The second-order valence-electron chi connectivity index (χ2n) is 4.52. The van der Waals surface area contributed by atoms with Crippen molar-refractivity contribution in [2.45, 2.75) is 20.4 Å². The highest BCUT2D eigenvalue weighted by atomic mass is 16.1. The van der Waals surface area contributed by atoms with Gasteiger partial charge in [0.25, 0.3) is 0 Å². The van der Waals surface area contributed by atoms with E-state index in [9.17, 15) is 4.79 Å². The topological polar surface area (TPSA) is 71.2 Å². The molecule has 3 N–H and O–H groups in total. The summed E-state index contributed by atoms with van der Waals surface area (Å²) in [5, 5.41) is 2.88. The van der Waals surface area contributed by atoms with Crippen molar-refractivity contribution in [3.8, 4) is 0 Å². The van der Waals surface area contributed by atoms with Crippen LogP contribution in [0.15, 0.2) is 18.3 Å². The predicted molar refractivity (Wildman–Crippen MR) is 72.8 cm³/mol. The minimum atomic E-state index is -0.0344. The molecule has 0 radical (unpaired) electrons. The summed E-state index contributed by atoms with van der Waals surface area (Å²) in [6.07, 6.45) is 1.64. The number of hydrogen-bond donors (Lipinski definition) is 2. The summed E-state index contributed by atoms with van der Waals surface area (Å²) < 4.78 is 0. The lowest BCUT2D eigenvalue weighted by atomic mass is 10.1. The Morgan fingerprint density at radius 3 is 2.94 bits per heavy atom. The maximum atomic E-state index is 11.9. The van der Waals surface area contributed by atoms with E-state index in [1.807, 2.05) is 26.1 Å². The monoisotopic (exact) mass is 250 g/mol. The Balaban J connectivity index is 2.44. The molecule has 0 aliphatic carbocycles. The number of nitrogen functional groups attached to an aromatic ring is 1. The van der Waals surface area contributed by atoms with Gasteiger partial charge < -0.3 is 16.0 Å². The summed E-state index contributed by atoms with van der Waals surface area (Å²) in [4.78, 5) is 18.0. The van der Waals surface area contributed by atoms with Crippen molar-refractivity contribution in [2.75, 3.05) is 25.9 Å². The van der Waals surface area contributed by atoms with Crippen molar-refractivity contribution >= 4 is 11.7 Å². The molecule has 1 atom stereocenters. The van der Waals surface area contributed by atoms with Crippen molar-refractivity contribution < 1.29 is 4.79 Å². The molecule has 1 unspecified atom stereocenters. The molecule has 5 heteroatoms. The predicted octanol–water partition coefficient (Wildman–Crippen LogP) is 0.868. The lowest BCUT2D eigenvalue weighted by Gasteiger charge is -2.19. The van der Waals surface area contributed by atoms with Gasteiger partial charge >= 0.3 is 0 Å². The van der Waals surface area contributed by atoms with E-state index in [1.165, 1.54) is 0 Å². The molecule has 0 aliphatic heterocycles. The molecule has 1 amide bonds. The standard InChI is InChI=1S/C13H22N4O/c1-4-17(3)9-10(2)13(18)16-8-11-6-5-7-15-12(11)14/h5-7,10H,4,8-9H2,1-3H3,(H2,14,15)(H,16,18). The molecule has 18 heavy (non-hydrogen) atoms. The quantitative estimate of drug-likeness (QED) is 0.786. The molecule has 100 valence electrons. The summed E-state index contributed by atoms with van der Waals surface area (Å²) >= 11 is 0. The van der Waals surface area contributed by atoms with Crippen LogP contribution in [0.5, 0.6) is 0 Å². The van der Waals surface area contributed by atoms with Crippen LogP contribution in [0.1, 0.15) is 19.4 Å². The zero-order chi connectivity index (χ0) is 13.5. The fourth-order valence-corrected chi connectivity index (χ4v) is 1.64. The van der Waals surface area contributed by atoms with Crippen LogP contribution in [0.25, 0.3) is 0 Å². The average Bonchev–Trinajstić information content (AvgIpc) is 2.37. The highest BCUT2D eigenvalue weighted by Crippen LogP contribution is 2.06. The van der Waals surface area contributed by atoms with Crippen molar-refractivity contribution in [3.05, 3.63) is 23.9 Å². The summed E-state index contributed by atoms with van der Waals surface area (Å²) in [5.74, 6) is 0.475. The number of pyridine rings is 1. The Labute approximate surface area is 108 Å². The maximum Gasteiger partial charge on any atom is 0.224 e. The van der Waals surface area contributed by atoms with Gasteiger partial charge in [-0.1, -0.05) is 19.9 Å². The number of amides is 1. The molecular weight excluding hydrogens is 228 g/mol. The average molecular weight is 250 g/mol. The second-order valence-corrected chi connectivity index (χ2v) is 4.52. The number of anilines is 1. The SMILES string of the molecule is CCN(C)CC(C)C(=O)NCc1cccnc1N. The van der Waals surface area contributed by atoms with Crippen molar-refractivity contribution in [2.24, 2.45) is 5.92 Å². The summed E-state index contributed by atoms with van der Waals surface area (Å²) in [6.45, 7) is 6.12. The van der Waals surface area contributed by atoms with Gasteiger partial charge in [-0.15, -0.1) is 0 Å². The van der Waals surface area contributed by atoms with Crippen LogP contribution < -0.4 is 11.1 Å². The van der Waals surface area contributed by atoms with Crippen LogP contribution in [-0.4, -0.2) is 35.9 Å². The van der Waals surface area contributed by atoms with E-state index in [0.717, 1.165) is 18.7 Å². The molecule has 0 spiro atoms. The first-order valence-corrected chi connectivity index (χ1v) is 6.20. The molecule has 0 bridgehead atoms. The van der Waals surface area contributed by atoms with E-state index in [2.05, 4.69) is 22.1 Å². The molecular formula is C13H22N4O. The first-order chi connectivity index (χ1) is 8.54. The minimum absolute atomic E-state index is 0.0344.